The van der Waals surface area contributed by atoms with E-state index in [0.29, 0.717) is 5.46 Å². The number of hydrogen-bond acceptors (Lipinski definition) is 6. The van der Waals surface area contributed by atoms with E-state index < -0.39 is 35.7 Å². The third kappa shape index (κ3) is 3.80. The molecule has 1 aromatic heterocycles. The Morgan fingerprint density at radius 3 is 2.07 bits per heavy atom. The average molecular weight is 379 g/mol. The molecular formula is C18H27BFN3O4. The normalized spacial score (nSPS) is 23.1. The smallest absolute Gasteiger partial charge is 0.444 e. The van der Waals surface area contributed by atoms with Gasteiger partial charge in [-0.15, -0.1) is 0 Å². The van der Waals surface area contributed by atoms with Crippen LogP contribution in [-0.4, -0.2) is 58.0 Å². The largest absolute Gasteiger partial charge is 0.498 e. The number of halogens is 1. The number of carbonyl (C=O) groups excluding carboxylic acids is 1. The molecule has 27 heavy (non-hydrogen) atoms. The highest BCUT2D eigenvalue weighted by atomic mass is 19.1. The Hall–Kier alpha value is -1.74. The first-order chi connectivity index (χ1) is 12.2. The van der Waals surface area contributed by atoms with E-state index in [0.717, 1.165) is 0 Å². The van der Waals surface area contributed by atoms with E-state index in [1.807, 2.05) is 27.7 Å². The predicted octanol–water partition coefficient (Wildman–Crippen LogP) is 2.19. The van der Waals surface area contributed by atoms with Crippen LogP contribution in [0.3, 0.4) is 0 Å². The molecule has 0 N–H and O–H groups in total. The van der Waals surface area contributed by atoms with E-state index in [9.17, 15) is 4.79 Å². The quantitative estimate of drug-likeness (QED) is 0.734. The van der Waals surface area contributed by atoms with Crippen molar-refractivity contribution in [3.05, 3.63) is 18.2 Å². The summed E-state index contributed by atoms with van der Waals surface area (Å²) in [5.41, 5.74) is -2.71. The molecule has 3 rings (SSSR count). The number of rotatable bonds is 2. The Morgan fingerprint density at radius 2 is 1.63 bits per heavy atom. The summed E-state index contributed by atoms with van der Waals surface area (Å²) >= 11 is 0. The average Bonchev–Trinajstić information content (AvgIpc) is 2.70. The van der Waals surface area contributed by atoms with Crippen LogP contribution in [0.2, 0.25) is 0 Å². The molecule has 1 amide bonds. The summed E-state index contributed by atoms with van der Waals surface area (Å²) in [7, 11) is -0.598. The lowest BCUT2D eigenvalue weighted by molar-refractivity contribution is -0.0577. The molecule has 0 atom stereocenters. The van der Waals surface area contributed by atoms with Crippen LogP contribution in [0, 0.1) is 0 Å². The minimum absolute atomic E-state index is 0.0441. The van der Waals surface area contributed by atoms with Gasteiger partial charge in [0.15, 0.2) is 5.82 Å². The molecule has 0 spiro atoms. The first kappa shape index (κ1) is 20.0. The van der Waals surface area contributed by atoms with E-state index >= 15 is 4.39 Å². The van der Waals surface area contributed by atoms with Crippen LogP contribution in [0.25, 0.3) is 0 Å². The number of aromatic nitrogens is 2. The summed E-state index contributed by atoms with van der Waals surface area (Å²) in [6.45, 7) is 12.9. The van der Waals surface area contributed by atoms with Crippen molar-refractivity contribution in [2.75, 3.05) is 13.1 Å². The number of hydrogen-bond donors (Lipinski definition) is 0. The molecule has 0 unspecified atom stereocenters. The summed E-state index contributed by atoms with van der Waals surface area (Å²) in [6, 6.07) is 0. The number of likely N-dealkylation sites (tertiary alicyclic amines) is 1. The lowest BCUT2D eigenvalue weighted by atomic mass is 9.81. The number of amides is 1. The van der Waals surface area contributed by atoms with Crippen LogP contribution in [-0.2, 0) is 19.7 Å². The summed E-state index contributed by atoms with van der Waals surface area (Å²) in [4.78, 5) is 21.6. The van der Waals surface area contributed by atoms with Crippen molar-refractivity contribution < 1.29 is 23.2 Å². The van der Waals surface area contributed by atoms with Gasteiger partial charge in [-0.1, -0.05) is 0 Å². The lowest BCUT2D eigenvalue weighted by Crippen LogP contribution is -2.60. The first-order valence-electron chi connectivity index (χ1n) is 9.07. The first-order valence-corrected chi connectivity index (χ1v) is 9.07. The molecule has 2 fully saturated rings. The summed E-state index contributed by atoms with van der Waals surface area (Å²) < 4.78 is 32.1. The van der Waals surface area contributed by atoms with Gasteiger partial charge in [0.2, 0.25) is 5.67 Å². The van der Waals surface area contributed by atoms with Gasteiger partial charge in [-0.25, -0.2) is 19.2 Å². The summed E-state index contributed by atoms with van der Waals surface area (Å²) in [5, 5.41) is 0. The fourth-order valence-electron chi connectivity index (χ4n) is 2.83. The number of nitrogens with zero attached hydrogens (tertiary/aromatic N) is 3. The highest BCUT2D eigenvalue weighted by molar-refractivity contribution is 6.61. The highest BCUT2D eigenvalue weighted by Gasteiger charge is 2.53. The monoisotopic (exact) mass is 379 g/mol. The standard InChI is InChI=1S/C18H27BFN3O4/c1-15(2,3)25-14(24)23-10-18(20,11-23)13-21-8-12(9-22-13)19-26-16(4,5)17(6,7)27-19/h8-9H,10-11H2,1-7H3. The molecule has 0 saturated carbocycles. The Labute approximate surface area is 159 Å². The van der Waals surface area contributed by atoms with Gasteiger partial charge in [0, 0.05) is 17.9 Å². The van der Waals surface area contributed by atoms with Gasteiger partial charge >= 0.3 is 13.2 Å². The Bertz CT molecular complexity index is 711. The Kier molecular flexibility index (Phi) is 4.55. The second kappa shape index (κ2) is 6.14. The fraction of sp³-hybridized carbons (Fsp3) is 0.722. The zero-order valence-corrected chi connectivity index (χ0v) is 17.0. The van der Waals surface area contributed by atoms with Crippen LogP contribution in [0.5, 0.6) is 0 Å². The predicted molar refractivity (Wildman–Crippen MR) is 98.3 cm³/mol. The van der Waals surface area contributed by atoms with Crippen LogP contribution in [0.1, 0.15) is 54.3 Å². The van der Waals surface area contributed by atoms with Crippen molar-refractivity contribution in [3.8, 4) is 0 Å². The van der Waals surface area contributed by atoms with Crippen LogP contribution >= 0.6 is 0 Å². The van der Waals surface area contributed by atoms with Crippen molar-refractivity contribution in [2.24, 2.45) is 0 Å². The van der Waals surface area contributed by atoms with Crippen molar-refractivity contribution in [3.63, 3.8) is 0 Å². The van der Waals surface area contributed by atoms with Crippen molar-refractivity contribution in [1.82, 2.24) is 14.9 Å². The molecule has 0 aromatic carbocycles. The number of ether oxygens (including phenoxy) is 1. The molecule has 7 nitrogen and oxygen atoms in total. The molecule has 2 aliphatic heterocycles. The zero-order chi connectivity index (χ0) is 20.3. The minimum Gasteiger partial charge on any atom is -0.444 e. The Morgan fingerprint density at radius 1 is 1.15 bits per heavy atom. The maximum Gasteiger partial charge on any atom is 0.498 e. The van der Waals surface area contributed by atoms with Crippen LogP contribution in [0.4, 0.5) is 9.18 Å². The zero-order valence-electron chi connectivity index (χ0n) is 17.0. The van der Waals surface area contributed by atoms with E-state index in [4.69, 9.17) is 14.0 Å². The molecule has 0 radical (unpaired) electrons. The maximum atomic E-state index is 15.0. The van der Waals surface area contributed by atoms with Gasteiger partial charge in [-0.05, 0) is 48.5 Å². The van der Waals surface area contributed by atoms with Gasteiger partial charge in [-0.3, -0.25) is 0 Å². The second-order valence-corrected chi connectivity index (χ2v) is 9.23. The summed E-state index contributed by atoms with van der Waals surface area (Å²) in [6.07, 6.45) is 2.49. The molecule has 1 aromatic rings. The number of alkyl halides is 1. The molecular weight excluding hydrogens is 352 g/mol. The van der Waals surface area contributed by atoms with Crippen LogP contribution < -0.4 is 5.46 Å². The van der Waals surface area contributed by atoms with Gasteiger partial charge in [0.05, 0.1) is 24.3 Å². The van der Waals surface area contributed by atoms with E-state index in [-0.39, 0.29) is 18.9 Å². The van der Waals surface area contributed by atoms with Crippen molar-refractivity contribution in [2.45, 2.75) is 70.9 Å². The fourth-order valence-corrected chi connectivity index (χ4v) is 2.83. The van der Waals surface area contributed by atoms with Gasteiger partial charge in [0.25, 0.3) is 0 Å². The topological polar surface area (TPSA) is 73.8 Å². The van der Waals surface area contributed by atoms with E-state index in [2.05, 4.69) is 9.97 Å². The maximum absolute atomic E-state index is 15.0. The molecule has 9 heteroatoms. The summed E-state index contributed by atoms with van der Waals surface area (Å²) in [5.74, 6) is 0.0441. The molecule has 3 heterocycles. The van der Waals surface area contributed by atoms with E-state index in [1.165, 1.54) is 17.3 Å². The van der Waals surface area contributed by atoms with Gasteiger partial charge in [0.1, 0.15) is 5.60 Å². The van der Waals surface area contributed by atoms with Crippen molar-refractivity contribution >= 4 is 18.7 Å². The second-order valence-electron chi connectivity index (χ2n) is 9.23. The third-order valence-electron chi connectivity index (χ3n) is 5.13. The minimum atomic E-state index is -1.77. The van der Waals surface area contributed by atoms with Crippen molar-refractivity contribution in [1.29, 1.82) is 0 Å². The van der Waals surface area contributed by atoms with Gasteiger partial charge in [-0.2, -0.15) is 0 Å². The SMILES string of the molecule is CC(C)(C)OC(=O)N1CC(F)(c2ncc(B3OC(C)(C)C(C)(C)O3)cn2)C1. The third-order valence-corrected chi connectivity index (χ3v) is 5.13. The lowest BCUT2D eigenvalue weighted by Gasteiger charge is -2.43. The highest BCUT2D eigenvalue weighted by Crippen LogP contribution is 2.37. The molecule has 0 bridgehead atoms. The molecule has 0 aliphatic carbocycles. The van der Waals surface area contributed by atoms with Gasteiger partial charge < -0.3 is 18.9 Å². The molecule has 2 saturated heterocycles. The Balaban J connectivity index is 1.64. The molecule has 148 valence electrons. The van der Waals surface area contributed by atoms with E-state index in [1.54, 1.807) is 20.8 Å². The molecule has 2 aliphatic rings. The number of carbonyl (C=O) groups is 1. The van der Waals surface area contributed by atoms with Crippen LogP contribution in [0.15, 0.2) is 12.4 Å².